The normalized spacial score (nSPS) is 15.4. The minimum atomic E-state index is -0.168. The summed E-state index contributed by atoms with van der Waals surface area (Å²) in [6, 6.07) is 1.84. The van der Waals surface area contributed by atoms with E-state index in [9.17, 15) is 0 Å². The Morgan fingerprint density at radius 1 is 1.37 bits per heavy atom. The van der Waals surface area contributed by atoms with Crippen molar-refractivity contribution in [3.63, 3.8) is 0 Å². The summed E-state index contributed by atoms with van der Waals surface area (Å²) in [7, 11) is 3.58. The molecule has 0 unspecified atom stereocenters. The van der Waals surface area contributed by atoms with Crippen LogP contribution in [0.1, 0.15) is 44.9 Å². The molecule has 1 heterocycles. The molecule has 0 aromatic carbocycles. The second kappa shape index (κ2) is 5.74. The van der Waals surface area contributed by atoms with E-state index < -0.39 is 0 Å². The van der Waals surface area contributed by atoms with E-state index in [1.54, 1.807) is 7.11 Å². The van der Waals surface area contributed by atoms with E-state index in [1.165, 1.54) is 12.8 Å². The standard InChI is InChI=1S/C14H23N3O2/c1-14(2,18-4)7-8-19-12-9-11(15-3)16-13(17-12)10-5-6-10/h9-10H,5-8H2,1-4H3,(H,15,16,17). The molecular weight excluding hydrogens is 242 g/mol. The molecule has 5 nitrogen and oxygen atoms in total. The minimum Gasteiger partial charge on any atom is -0.477 e. The zero-order chi connectivity index (χ0) is 13.9. The summed E-state index contributed by atoms with van der Waals surface area (Å²) in [5.41, 5.74) is -0.168. The summed E-state index contributed by atoms with van der Waals surface area (Å²) in [6.45, 7) is 4.68. The number of hydrogen-bond acceptors (Lipinski definition) is 5. The van der Waals surface area contributed by atoms with Crippen LogP contribution in [0.25, 0.3) is 0 Å². The van der Waals surface area contributed by atoms with Gasteiger partial charge in [0.25, 0.3) is 0 Å². The number of hydrogen-bond donors (Lipinski definition) is 1. The van der Waals surface area contributed by atoms with Crippen molar-refractivity contribution in [3.8, 4) is 5.88 Å². The number of ether oxygens (including phenoxy) is 2. The van der Waals surface area contributed by atoms with Crippen LogP contribution in [0.3, 0.4) is 0 Å². The molecule has 1 aliphatic rings. The third-order valence-corrected chi connectivity index (χ3v) is 3.43. The fraction of sp³-hybridized carbons (Fsp3) is 0.714. The molecule has 0 radical (unpaired) electrons. The number of aromatic nitrogens is 2. The summed E-state index contributed by atoms with van der Waals surface area (Å²) in [4.78, 5) is 8.93. The molecule has 1 aliphatic carbocycles. The quantitative estimate of drug-likeness (QED) is 0.821. The molecule has 1 fully saturated rings. The van der Waals surface area contributed by atoms with Gasteiger partial charge in [0.2, 0.25) is 5.88 Å². The van der Waals surface area contributed by atoms with Gasteiger partial charge in [0, 0.05) is 32.6 Å². The number of rotatable bonds is 7. The van der Waals surface area contributed by atoms with Gasteiger partial charge in [0.15, 0.2) is 0 Å². The van der Waals surface area contributed by atoms with Gasteiger partial charge in [-0.15, -0.1) is 0 Å². The van der Waals surface area contributed by atoms with E-state index in [1.807, 2.05) is 27.0 Å². The van der Waals surface area contributed by atoms with Crippen LogP contribution in [0.5, 0.6) is 5.88 Å². The first kappa shape index (κ1) is 14.1. The van der Waals surface area contributed by atoms with Gasteiger partial charge in [-0.05, 0) is 26.7 Å². The van der Waals surface area contributed by atoms with E-state index >= 15 is 0 Å². The van der Waals surface area contributed by atoms with E-state index in [2.05, 4.69) is 15.3 Å². The van der Waals surface area contributed by atoms with E-state index in [0.717, 1.165) is 18.1 Å². The van der Waals surface area contributed by atoms with Crippen LogP contribution < -0.4 is 10.1 Å². The van der Waals surface area contributed by atoms with Crippen molar-refractivity contribution in [3.05, 3.63) is 11.9 Å². The maximum Gasteiger partial charge on any atom is 0.218 e. The molecule has 0 saturated heterocycles. The van der Waals surface area contributed by atoms with Gasteiger partial charge >= 0.3 is 0 Å². The zero-order valence-electron chi connectivity index (χ0n) is 12.2. The summed E-state index contributed by atoms with van der Waals surface area (Å²) in [5, 5.41) is 3.05. The third-order valence-electron chi connectivity index (χ3n) is 3.43. The number of anilines is 1. The van der Waals surface area contributed by atoms with Gasteiger partial charge in [-0.2, -0.15) is 4.98 Å². The molecule has 0 aliphatic heterocycles. The van der Waals surface area contributed by atoms with Gasteiger partial charge < -0.3 is 14.8 Å². The first-order valence-corrected chi connectivity index (χ1v) is 6.79. The topological polar surface area (TPSA) is 56.3 Å². The SMILES string of the molecule is CNc1cc(OCCC(C)(C)OC)nc(C2CC2)n1. The summed E-state index contributed by atoms with van der Waals surface area (Å²) < 4.78 is 11.1. The lowest BCUT2D eigenvalue weighted by molar-refractivity contribution is 0.00507. The Labute approximate surface area is 114 Å². The van der Waals surface area contributed by atoms with Crippen molar-refractivity contribution in [2.75, 3.05) is 26.1 Å². The maximum atomic E-state index is 5.73. The molecule has 5 heteroatoms. The molecule has 1 aromatic heterocycles. The highest BCUT2D eigenvalue weighted by Crippen LogP contribution is 2.39. The molecule has 0 bridgehead atoms. The lowest BCUT2D eigenvalue weighted by Gasteiger charge is -2.22. The first-order valence-electron chi connectivity index (χ1n) is 6.79. The number of nitrogens with one attached hydrogen (secondary N) is 1. The predicted molar refractivity (Wildman–Crippen MR) is 74.8 cm³/mol. The highest BCUT2D eigenvalue weighted by atomic mass is 16.5. The van der Waals surface area contributed by atoms with Crippen LogP contribution in [0, 0.1) is 0 Å². The number of nitrogens with zero attached hydrogens (tertiary/aromatic N) is 2. The van der Waals surface area contributed by atoms with Crippen LogP contribution >= 0.6 is 0 Å². The van der Waals surface area contributed by atoms with Crippen molar-refractivity contribution in [2.24, 2.45) is 0 Å². The van der Waals surface area contributed by atoms with Crippen molar-refractivity contribution in [2.45, 2.75) is 44.6 Å². The van der Waals surface area contributed by atoms with E-state index in [0.29, 0.717) is 18.4 Å². The van der Waals surface area contributed by atoms with Crippen LogP contribution in [-0.4, -0.2) is 36.3 Å². The van der Waals surface area contributed by atoms with Crippen LogP contribution in [-0.2, 0) is 4.74 Å². The maximum absolute atomic E-state index is 5.73. The highest BCUT2D eigenvalue weighted by Gasteiger charge is 2.27. The molecule has 19 heavy (non-hydrogen) atoms. The number of methoxy groups -OCH3 is 1. The average molecular weight is 265 g/mol. The summed E-state index contributed by atoms with van der Waals surface area (Å²) >= 11 is 0. The molecule has 0 amide bonds. The second-order valence-corrected chi connectivity index (χ2v) is 5.54. The smallest absolute Gasteiger partial charge is 0.218 e. The Bertz CT molecular complexity index is 431. The zero-order valence-corrected chi connectivity index (χ0v) is 12.2. The van der Waals surface area contributed by atoms with Crippen LogP contribution in [0.2, 0.25) is 0 Å². The lowest BCUT2D eigenvalue weighted by atomic mass is 10.1. The van der Waals surface area contributed by atoms with E-state index in [-0.39, 0.29) is 5.60 Å². The molecule has 0 spiro atoms. The van der Waals surface area contributed by atoms with Gasteiger partial charge in [0.1, 0.15) is 11.6 Å². The molecular formula is C14H23N3O2. The third kappa shape index (κ3) is 4.06. The molecule has 2 rings (SSSR count). The Morgan fingerprint density at radius 3 is 2.68 bits per heavy atom. The Balaban J connectivity index is 1.97. The molecule has 1 aromatic rings. The Kier molecular flexibility index (Phi) is 4.24. The average Bonchev–Trinajstić information content (AvgIpc) is 3.22. The molecule has 1 N–H and O–H groups in total. The Morgan fingerprint density at radius 2 is 2.11 bits per heavy atom. The minimum absolute atomic E-state index is 0.168. The summed E-state index contributed by atoms with van der Waals surface area (Å²) in [5.74, 6) is 2.88. The van der Waals surface area contributed by atoms with Crippen molar-refractivity contribution in [1.29, 1.82) is 0 Å². The summed E-state index contributed by atoms with van der Waals surface area (Å²) in [6.07, 6.45) is 3.19. The molecule has 0 atom stereocenters. The van der Waals surface area contributed by atoms with Gasteiger partial charge in [-0.1, -0.05) is 0 Å². The van der Waals surface area contributed by atoms with Gasteiger partial charge in [-0.25, -0.2) is 4.98 Å². The van der Waals surface area contributed by atoms with Gasteiger partial charge in [0.05, 0.1) is 12.2 Å². The van der Waals surface area contributed by atoms with E-state index in [4.69, 9.17) is 9.47 Å². The molecule has 106 valence electrons. The van der Waals surface area contributed by atoms with Crippen molar-refractivity contribution < 1.29 is 9.47 Å². The van der Waals surface area contributed by atoms with Crippen LogP contribution in [0.15, 0.2) is 6.07 Å². The fourth-order valence-corrected chi connectivity index (χ4v) is 1.67. The fourth-order valence-electron chi connectivity index (χ4n) is 1.67. The second-order valence-electron chi connectivity index (χ2n) is 5.54. The van der Waals surface area contributed by atoms with Crippen LogP contribution in [0.4, 0.5) is 5.82 Å². The monoisotopic (exact) mass is 265 g/mol. The molecule has 1 saturated carbocycles. The Hall–Kier alpha value is -1.36. The van der Waals surface area contributed by atoms with Gasteiger partial charge in [-0.3, -0.25) is 0 Å². The predicted octanol–water partition coefficient (Wildman–Crippen LogP) is 2.59. The largest absolute Gasteiger partial charge is 0.477 e. The van der Waals surface area contributed by atoms with Crippen molar-refractivity contribution in [1.82, 2.24) is 9.97 Å². The highest BCUT2D eigenvalue weighted by molar-refractivity contribution is 5.38. The lowest BCUT2D eigenvalue weighted by Crippen LogP contribution is -2.25. The van der Waals surface area contributed by atoms with Crippen molar-refractivity contribution >= 4 is 5.82 Å². The first-order chi connectivity index (χ1) is 9.04.